The Labute approximate surface area is 91.8 Å². The topological polar surface area (TPSA) is 95.2 Å². The molecule has 0 amide bonds. The summed E-state index contributed by atoms with van der Waals surface area (Å²) in [6.07, 6.45) is 2.05. The Kier molecular flexibility index (Phi) is 3.67. The van der Waals surface area contributed by atoms with Crippen molar-refractivity contribution in [3.63, 3.8) is 0 Å². The Balaban J connectivity index is 2.97. The van der Waals surface area contributed by atoms with Crippen LogP contribution in [0.5, 0.6) is 0 Å². The third-order valence-corrected chi connectivity index (χ3v) is 1.81. The highest BCUT2D eigenvalue weighted by Crippen LogP contribution is 2.06. The largest absolute Gasteiger partial charge is 0.462 e. The Bertz CT molecular complexity index is 487. The second kappa shape index (κ2) is 4.79. The lowest BCUT2D eigenvalue weighted by atomic mass is 10.3. The first-order valence-electron chi connectivity index (χ1n) is 4.03. The van der Waals surface area contributed by atoms with Crippen LogP contribution in [0.1, 0.15) is 5.76 Å². The van der Waals surface area contributed by atoms with Crippen molar-refractivity contribution in [2.75, 3.05) is 13.4 Å². The lowest BCUT2D eigenvalue weighted by Gasteiger charge is -2.01. The molecule has 0 saturated heterocycles. The first kappa shape index (κ1) is 12.2. The van der Waals surface area contributed by atoms with Gasteiger partial charge in [-0.3, -0.25) is 0 Å². The van der Waals surface area contributed by atoms with Crippen molar-refractivity contribution < 1.29 is 26.7 Å². The molecule has 16 heavy (non-hydrogen) atoms. The second-order valence-electron chi connectivity index (χ2n) is 2.67. The van der Waals surface area contributed by atoms with E-state index >= 15 is 0 Å². The molecule has 0 aliphatic rings. The van der Waals surface area contributed by atoms with Gasteiger partial charge in [0.1, 0.15) is 7.11 Å². The highest BCUT2D eigenvalue weighted by molar-refractivity contribution is 7.86. The van der Waals surface area contributed by atoms with E-state index in [9.17, 15) is 13.2 Å². The Morgan fingerprint density at radius 1 is 1.50 bits per heavy atom. The van der Waals surface area contributed by atoms with E-state index in [2.05, 4.69) is 14.2 Å². The lowest BCUT2D eigenvalue weighted by Crippen LogP contribution is -2.21. The predicted molar refractivity (Wildman–Crippen MR) is 53.2 cm³/mol. The van der Waals surface area contributed by atoms with Crippen molar-refractivity contribution >= 4 is 21.8 Å². The molecule has 0 radical (unpaired) electrons. The van der Waals surface area contributed by atoms with Crippen LogP contribution in [0.3, 0.4) is 0 Å². The van der Waals surface area contributed by atoms with Crippen LogP contribution in [0.25, 0.3) is 0 Å². The van der Waals surface area contributed by atoms with Crippen LogP contribution in [-0.2, 0) is 23.9 Å². The van der Waals surface area contributed by atoms with Gasteiger partial charge < -0.3 is 13.4 Å². The fourth-order valence-electron chi connectivity index (χ4n) is 0.864. The molecular weight excluding hydrogens is 238 g/mol. The number of hydrogen-bond acceptors (Lipinski definition) is 7. The minimum atomic E-state index is -3.91. The molecule has 1 aromatic heterocycles. The summed E-state index contributed by atoms with van der Waals surface area (Å²) in [4.78, 5) is 15.8. The van der Waals surface area contributed by atoms with Gasteiger partial charge in [-0.1, -0.05) is 5.16 Å². The summed E-state index contributed by atoms with van der Waals surface area (Å²) in [7, 11) is -2.70. The standard InChI is InChI=1S/C8H9NO6S/c1-13-9-7(6-4-3-5-14-6)8(10)15-16(2,11)12/h3-5H,1-2H3. The minimum Gasteiger partial charge on any atom is -0.462 e. The summed E-state index contributed by atoms with van der Waals surface area (Å²) >= 11 is 0. The molecule has 0 saturated carbocycles. The summed E-state index contributed by atoms with van der Waals surface area (Å²) in [6.45, 7) is 0. The van der Waals surface area contributed by atoms with Crippen LogP contribution >= 0.6 is 0 Å². The van der Waals surface area contributed by atoms with Crippen LogP contribution in [-0.4, -0.2) is 33.5 Å². The Hall–Kier alpha value is -1.83. The highest BCUT2D eigenvalue weighted by Gasteiger charge is 2.23. The van der Waals surface area contributed by atoms with Crippen molar-refractivity contribution in [1.29, 1.82) is 0 Å². The second-order valence-corrected chi connectivity index (χ2v) is 4.25. The molecule has 7 nitrogen and oxygen atoms in total. The van der Waals surface area contributed by atoms with E-state index in [1.807, 2.05) is 0 Å². The third-order valence-electron chi connectivity index (χ3n) is 1.36. The first-order valence-corrected chi connectivity index (χ1v) is 5.84. The maximum Gasteiger partial charge on any atom is 0.379 e. The minimum absolute atomic E-state index is 0.0514. The van der Waals surface area contributed by atoms with Crippen LogP contribution in [0.15, 0.2) is 28.0 Å². The van der Waals surface area contributed by atoms with E-state index in [1.165, 1.54) is 25.5 Å². The quantitative estimate of drug-likeness (QED) is 0.426. The zero-order valence-corrected chi connectivity index (χ0v) is 9.35. The molecule has 1 heterocycles. The zero-order chi connectivity index (χ0) is 12.2. The van der Waals surface area contributed by atoms with E-state index < -0.39 is 16.1 Å². The molecule has 1 aromatic rings. The summed E-state index contributed by atoms with van der Waals surface area (Å²) < 4.78 is 30.5. The molecule has 0 fully saturated rings. The fourth-order valence-corrected chi connectivity index (χ4v) is 1.22. The van der Waals surface area contributed by atoms with Gasteiger partial charge in [0.15, 0.2) is 5.76 Å². The Morgan fingerprint density at radius 3 is 2.62 bits per heavy atom. The fraction of sp³-hybridized carbons (Fsp3) is 0.250. The van der Waals surface area contributed by atoms with Crippen molar-refractivity contribution in [3.05, 3.63) is 24.2 Å². The van der Waals surface area contributed by atoms with E-state index in [0.29, 0.717) is 0 Å². The number of furan rings is 1. The van der Waals surface area contributed by atoms with Crippen molar-refractivity contribution in [2.24, 2.45) is 5.16 Å². The van der Waals surface area contributed by atoms with Crippen LogP contribution in [0.4, 0.5) is 0 Å². The number of oxime groups is 1. The van der Waals surface area contributed by atoms with Crippen LogP contribution in [0.2, 0.25) is 0 Å². The van der Waals surface area contributed by atoms with Crippen molar-refractivity contribution in [1.82, 2.24) is 0 Å². The predicted octanol–water partition coefficient (Wildman–Crippen LogP) is 0.133. The Morgan fingerprint density at radius 2 is 2.19 bits per heavy atom. The van der Waals surface area contributed by atoms with Gasteiger partial charge >= 0.3 is 16.1 Å². The monoisotopic (exact) mass is 247 g/mol. The molecular formula is C8H9NO6S. The molecule has 0 aliphatic heterocycles. The average Bonchev–Trinajstić information content (AvgIpc) is 2.63. The van der Waals surface area contributed by atoms with Gasteiger partial charge in [0.05, 0.1) is 12.5 Å². The lowest BCUT2D eigenvalue weighted by molar-refractivity contribution is -0.126. The molecule has 0 aliphatic carbocycles. The van der Waals surface area contributed by atoms with Crippen LogP contribution in [0, 0.1) is 0 Å². The molecule has 0 atom stereocenters. The van der Waals surface area contributed by atoms with E-state index in [-0.39, 0.29) is 11.5 Å². The average molecular weight is 247 g/mol. The highest BCUT2D eigenvalue weighted by atomic mass is 32.2. The van der Waals surface area contributed by atoms with Gasteiger partial charge in [-0.05, 0) is 12.1 Å². The summed E-state index contributed by atoms with van der Waals surface area (Å²) in [5.74, 6) is -1.12. The zero-order valence-electron chi connectivity index (χ0n) is 8.54. The number of carbonyl (C=O) groups is 1. The van der Waals surface area contributed by atoms with E-state index in [0.717, 1.165) is 6.26 Å². The number of nitrogens with zero attached hydrogens (tertiary/aromatic N) is 1. The molecule has 8 heteroatoms. The molecule has 1 rings (SSSR count). The maximum atomic E-state index is 11.4. The molecule has 0 bridgehead atoms. The van der Waals surface area contributed by atoms with Crippen molar-refractivity contribution in [2.45, 2.75) is 0 Å². The molecule has 88 valence electrons. The molecule has 0 N–H and O–H groups in total. The smallest absolute Gasteiger partial charge is 0.379 e. The SMILES string of the molecule is CON=C(C(=O)OS(C)(=O)=O)c1ccco1. The van der Waals surface area contributed by atoms with E-state index in [1.54, 1.807) is 0 Å². The van der Waals surface area contributed by atoms with Crippen LogP contribution < -0.4 is 0 Å². The van der Waals surface area contributed by atoms with Crippen molar-refractivity contribution in [3.8, 4) is 0 Å². The van der Waals surface area contributed by atoms with E-state index in [4.69, 9.17) is 4.42 Å². The van der Waals surface area contributed by atoms with Gasteiger partial charge in [0.2, 0.25) is 5.71 Å². The molecule has 0 aromatic carbocycles. The number of rotatable bonds is 4. The number of hydrogen-bond donors (Lipinski definition) is 0. The van der Waals surface area contributed by atoms with Gasteiger partial charge in [0.25, 0.3) is 0 Å². The molecule has 0 spiro atoms. The van der Waals surface area contributed by atoms with Gasteiger partial charge in [-0.25, -0.2) is 4.79 Å². The van der Waals surface area contributed by atoms with Gasteiger partial charge in [0, 0.05) is 0 Å². The van der Waals surface area contributed by atoms with Gasteiger partial charge in [-0.15, -0.1) is 0 Å². The first-order chi connectivity index (χ1) is 7.44. The summed E-state index contributed by atoms with van der Waals surface area (Å²) in [5, 5.41) is 3.33. The third kappa shape index (κ3) is 3.39. The summed E-state index contributed by atoms with van der Waals surface area (Å²) in [5.41, 5.74) is -0.363. The number of carbonyl (C=O) groups excluding carboxylic acids is 1. The normalized spacial score (nSPS) is 12.2. The molecule has 0 unspecified atom stereocenters. The maximum absolute atomic E-state index is 11.4. The summed E-state index contributed by atoms with van der Waals surface area (Å²) in [6, 6.07) is 2.93. The van der Waals surface area contributed by atoms with Gasteiger partial charge in [-0.2, -0.15) is 8.42 Å².